The Morgan fingerprint density at radius 2 is 2.46 bits per heavy atom. The van der Waals surface area contributed by atoms with Crippen molar-refractivity contribution in [3.8, 4) is 0 Å². The molecule has 0 aromatic rings. The van der Waals surface area contributed by atoms with E-state index in [1.54, 1.807) is 13.0 Å². The summed E-state index contributed by atoms with van der Waals surface area (Å²) in [7, 11) is 0. The molecule has 0 aromatic carbocycles. The zero-order valence-corrected chi connectivity index (χ0v) is 7.67. The number of carboxylic acid groups (broad SMARTS) is 1. The molecule has 0 aromatic heterocycles. The number of carboxylic acids is 1. The van der Waals surface area contributed by atoms with Gasteiger partial charge < -0.3 is 5.11 Å². The minimum Gasteiger partial charge on any atom is -0.477 e. The Labute approximate surface area is 78.9 Å². The van der Waals surface area contributed by atoms with E-state index in [1.165, 1.54) is 22.1 Å². The number of allylic oxidation sites excluding steroid dienone is 1. The van der Waals surface area contributed by atoms with Crippen LogP contribution in [0.1, 0.15) is 6.92 Å². The first-order valence-corrected chi connectivity index (χ1v) is 4.69. The van der Waals surface area contributed by atoms with Crippen LogP contribution in [0.4, 0.5) is 0 Å². The van der Waals surface area contributed by atoms with Gasteiger partial charge in [-0.15, -0.1) is 11.8 Å². The van der Waals surface area contributed by atoms with Gasteiger partial charge in [-0.1, -0.05) is 6.08 Å². The van der Waals surface area contributed by atoms with Gasteiger partial charge in [0.25, 0.3) is 5.91 Å². The van der Waals surface area contributed by atoms with Crippen LogP contribution in [0.25, 0.3) is 0 Å². The Balaban J connectivity index is 2.28. The number of fused-ring (bicyclic) bond motifs is 1. The quantitative estimate of drug-likeness (QED) is 0.498. The van der Waals surface area contributed by atoms with Crippen molar-refractivity contribution in [3.05, 3.63) is 22.8 Å². The number of rotatable bonds is 1. The van der Waals surface area contributed by atoms with E-state index in [2.05, 4.69) is 0 Å². The Kier molecular flexibility index (Phi) is 1.69. The Morgan fingerprint density at radius 1 is 1.77 bits per heavy atom. The molecule has 0 unspecified atom stereocenters. The minimum absolute atomic E-state index is 0.0885. The summed E-state index contributed by atoms with van der Waals surface area (Å²) in [6.07, 6.45) is 1.73. The number of carbonyl (C=O) groups excluding carboxylic acids is 1. The molecule has 0 bridgehead atoms. The van der Waals surface area contributed by atoms with Crippen molar-refractivity contribution >= 4 is 23.6 Å². The Bertz CT molecular complexity index is 358. The van der Waals surface area contributed by atoms with E-state index in [4.69, 9.17) is 5.11 Å². The smallest absolute Gasteiger partial charge is 0.353 e. The van der Waals surface area contributed by atoms with E-state index in [9.17, 15) is 9.59 Å². The largest absolute Gasteiger partial charge is 0.477 e. The number of thioether (sulfide) groups is 1. The van der Waals surface area contributed by atoms with Crippen LogP contribution in [0.2, 0.25) is 0 Å². The third-order valence-electron chi connectivity index (χ3n) is 2.06. The average Bonchev–Trinajstić information content (AvgIpc) is 2.45. The van der Waals surface area contributed by atoms with Crippen LogP contribution < -0.4 is 0 Å². The molecule has 2 heterocycles. The highest BCUT2D eigenvalue weighted by Crippen LogP contribution is 2.44. The van der Waals surface area contributed by atoms with Crippen LogP contribution in [-0.2, 0) is 9.59 Å². The zero-order chi connectivity index (χ0) is 9.59. The maximum absolute atomic E-state index is 11.3. The van der Waals surface area contributed by atoms with Gasteiger partial charge in [-0.3, -0.25) is 9.69 Å². The molecule has 1 fully saturated rings. The van der Waals surface area contributed by atoms with E-state index in [0.29, 0.717) is 5.57 Å². The van der Waals surface area contributed by atoms with Gasteiger partial charge in [-0.25, -0.2) is 4.79 Å². The number of aliphatic carboxylic acids is 1. The maximum Gasteiger partial charge on any atom is 0.353 e. The third kappa shape index (κ3) is 0.935. The number of hydrogen-bond acceptors (Lipinski definition) is 3. The van der Waals surface area contributed by atoms with Gasteiger partial charge in [0.2, 0.25) is 0 Å². The van der Waals surface area contributed by atoms with E-state index < -0.39 is 5.97 Å². The molecule has 13 heavy (non-hydrogen) atoms. The summed E-state index contributed by atoms with van der Waals surface area (Å²) in [4.78, 5) is 23.3. The summed E-state index contributed by atoms with van der Waals surface area (Å²) in [5.41, 5.74) is 0.781. The molecule has 1 atom stereocenters. The lowest BCUT2D eigenvalue weighted by molar-refractivity contribution is -0.141. The Morgan fingerprint density at radius 3 is 3.00 bits per heavy atom. The van der Waals surface area contributed by atoms with Gasteiger partial charge in [0.1, 0.15) is 11.1 Å². The SMILES string of the molecule is C/C=C1/C(=O)N2C(C(=O)O)=CS[C@H]12. The number of carbonyl (C=O) groups is 2. The number of amides is 1. The first-order chi connectivity index (χ1) is 6.16. The average molecular weight is 197 g/mol. The van der Waals surface area contributed by atoms with Crippen molar-refractivity contribution in [2.75, 3.05) is 0 Å². The first-order valence-electron chi connectivity index (χ1n) is 3.75. The summed E-state index contributed by atoms with van der Waals surface area (Å²) in [5, 5.41) is 10.1. The van der Waals surface area contributed by atoms with Crippen molar-refractivity contribution in [3.63, 3.8) is 0 Å². The second-order valence-corrected chi connectivity index (χ2v) is 3.67. The molecule has 2 aliphatic heterocycles. The lowest BCUT2D eigenvalue weighted by atomic mass is 10.1. The predicted molar refractivity (Wildman–Crippen MR) is 47.7 cm³/mol. The molecule has 0 aliphatic carbocycles. The number of hydrogen-bond donors (Lipinski definition) is 1. The van der Waals surface area contributed by atoms with Crippen molar-refractivity contribution in [2.45, 2.75) is 12.3 Å². The molecular formula is C8H7NO3S. The standard InChI is InChI=1S/C8H7NO3S/c1-2-4-6(10)9-5(8(11)12)3-13-7(4)9/h2-3,7H,1H3,(H,11,12)/b4-2-/t7-/m1/s1. The van der Waals surface area contributed by atoms with Crippen molar-refractivity contribution < 1.29 is 14.7 Å². The molecule has 2 aliphatic rings. The second kappa shape index (κ2) is 2.63. The highest BCUT2D eigenvalue weighted by Gasteiger charge is 2.48. The van der Waals surface area contributed by atoms with Crippen LogP contribution in [-0.4, -0.2) is 27.3 Å². The molecular weight excluding hydrogens is 190 g/mol. The predicted octanol–water partition coefficient (Wildman–Crippen LogP) is 0.774. The van der Waals surface area contributed by atoms with Crippen LogP contribution >= 0.6 is 11.8 Å². The third-order valence-corrected chi connectivity index (χ3v) is 3.15. The van der Waals surface area contributed by atoms with Crippen LogP contribution in [0.3, 0.4) is 0 Å². The topological polar surface area (TPSA) is 57.6 Å². The highest BCUT2D eigenvalue weighted by atomic mass is 32.2. The zero-order valence-electron chi connectivity index (χ0n) is 6.85. The minimum atomic E-state index is -1.04. The molecule has 2 rings (SSSR count). The van der Waals surface area contributed by atoms with Crippen LogP contribution in [0.5, 0.6) is 0 Å². The normalized spacial score (nSPS) is 28.5. The number of β-lactam (4-membered cyclic amide) rings is 1. The van der Waals surface area contributed by atoms with Gasteiger partial charge >= 0.3 is 5.97 Å². The molecule has 1 N–H and O–H groups in total. The highest BCUT2D eigenvalue weighted by molar-refractivity contribution is 8.03. The van der Waals surface area contributed by atoms with Gasteiger partial charge in [0, 0.05) is 11.0 Å². The molecule has 0 saturated carbocycles. The lowest BCUT2D eigenvalue weighted by Gasteiger charge is -2.36. The summed E-state index contributed by atoms with van der Waals surface area (Å²) in [6, 6.07) is 0. The molecule has 0 spiro atoms. The summed E-state index contributed by atoms with van der Waals surface area (Å²) in [6.45, 7) is 1.78. The molecule has 4 nitrogen and oxygen atoms in total. The summed E-state index contributed by atoms with van der Waals surface area (Å²) in [5.74, 6) is -1.23. The van der Waals surface area contributed by atoms with Crippen molar-refractivity contribution in [1.82, 2.24) is 4.90 Å². The molecule has 1 amide bonds. The van der Waals surface area contributed by atoms with Crippen LogP contribution in [0, 0.1) is 0 Å². The number of nitrogens with zero attached hydrogens (tertiary/aromatic N) is 1. The van der Waals surface area contributed by atoms with Gasteiger partial charge in [0.15, 0.2) is 0 Å². The Hall–Kier alpha value is -1.23. The molecule has 5 heteroatoms. The van der Waals surface area contributed by atoms with Gasteiger partial charge in [-0.05, 0) is 6.92 Å². The summed E-state index contributed by atoms with van der Waals surface area (Å²) < 4.78 is 0. The maximum atomic E-state index is 11.3. The first kappa shape index (κ1) is 8.37. The fraction of sp³-hybridized carbons (Fsp3) is 0.250. The molecule has 0 radical (unpaired) electrons. The van der Waals surface area contributed by atoms with E-state index in [-0.39, 0.29) is 17.0 Å². The fourth-order valence-electron chi connectivity index (χ4n) is 1.40. The van der Waals surface area contributed by atoms with E-state index in [0.717, 1.165) is 0 Å². The van der Waals surface area contributed by atoms with Crippen molar-refractivity contribution in [1.29, 1.82) is 0 Å². The van der Waals surface area contributed by atoms with E-state index >= 15 is 0 Å². The summed E-state index contributed by atoms with van der Waals surface area (Å²) >= 11 is 1.36. The second-order valence-electron chi connectivity index (χ2n) is 2.72. The van der Waals surface area contributed by atoms with Gasteiger partial charge in [0.05, 0.1) is 0 Å². The monoisotopic (exact) mass is 197 g/mol. The van der Waals surface area contributed by atoms with Crippen LogP contribution in [0.15, 0.2) is 22.8 Å². The van der Waals surface area contributed by atoms with E-state index in [1.807, 2.05) is 0 Å². The molecule has 68 valence electrons. The lowest BCUT2D eigenvalue weighted by Crippen LogP contribution is -2.51. The molecule has 1 saturated heterocycles. The van der Waals surface area contributed by atoms with Gasteiger partial charge in [-0.2, -0.15) is 0 Å². The van der Waals surface area contributed by atoms with Crippen molar-refractivity contribution in [2.24, 2.45) is 0 Å². The fourth-order valence-corrected chi connectivity index (χ4v) is 2.59.